The molecule has 1 aromatic rings. The maximum absolute atomic E-state index is 5.12. The molecule has 0 spiro atoms. The number of piperidine rings is 1. The van der Waals surface area contributed by atoms with Gasteiger partial charge in [0.2, 0.25) is 0 Å². The minimum atomic E-state index is 0. The first-order valence-electron chi connectivity index (χ1n) is 7.75. The van der Waals surface area contributed by atoms with Crippen LogP contribution in [0.15, 0.2) is 24.3 Å². The SMILES string of the molecule is COOS[N-]c1ccccc1C1CCC2CCCCC2[N-]1.[Zn+2]. The van der Waals surface area contributed by atoms with Gasteiger partial charge in [-0.2, -0.15) is 4.33 Å². The van der Waals surface area contributed by atoms with Crippen LogP contribution in [-0.4, -0.2) is 13.2 Å². The van der Waals surface area contributed by atoms with E-state index in [1.54, 1.807) is 0 Å². The van der Waals surface area contributed by atoms with E-state index in [9.17, 15) is 0 Å². The molecule has 1 aliphatic carbocycles. The van der Waals surface area contributed by atoms with Crippen molar-refractivity contribution < 1.29 is 28.7 Å². The second kappa shape index (κ2) is 9.24. The summed E-state index contributed by atoms with van der Waals surface area (Å²) in [6.45, 7) is 0. The molecule has 4 nitrogen and oxygen atoms in total. The monoisotopic (exact) mass is 370 g/mol. The molecule has 0 N–H and O–H groups in total. The first kappa shape index (κ1) is 18.2. The van der Waals surface area contributed by atoms with Gasteiger partial charge in [0.15, 0.2) is 0 Å². The van der Waals surface area contributed by atoms with Crippen LogP contribution in [-0.2, 0) is 28.7 Å². The Kier molecular flexibility index (Phi) is 7.65. The van der Waals surface area contributed by atoms with E-state index in [0.717, 1.165) is 30.3 Å². The maximum atomic E-state index is 5.12. The Morgan fingerprint density at radius 1 is 1.14 bits per heavy atom. The van der Waals surface area contributed by atoms with Crippen LogP contribution in [0, 0.1) is 5.92 Å². The average Bonchev–Trinajstić information content (AvgIpc) is 2.55. The van der Waals surface area contributed by atoms with Crippen LogP contribution < -0.4 is 0 Å². The van der Waals surface area contributed by atoms with Crippen molar-refractivity contribution in [2.45, 2.75) is 50.6 Å². The van der Waals surface area contributed by atoms with E-state index in [1.807, 2.05) is 12.1 Å². The van der Waals surface area contributed by atoms with Crippen molar-refractivity contribution in [2.24, 2.45) is 5.92 Å². The van der Waals surface area contributed by atoms with Gasteiger partial charge in [0, 0.05) is 0 Å². The van der Waals surface area contributed by atoms with Crippen molar-refractivity contribution in [1.82, 2.24) is 0 Å². The smallest absolute Gasteiger partial charge is 0.653 e. The summed E-state index contributed by atoms with van der Waals surface area (Å²) < 4.78 is 9.17. The van der Waals surface area contributed by atoms with Gasteiger partial charge < -0.3 is 10.0 Å². The van der Waals surface area contributed by atoms with Crippen molar-refractivity contribution in [3.05, 3.63) is 39.9 Å². The second-order valence-electron chi connectivity index (χ2n) is 5.81. The summed E-state index contributed by atoms with van der Waals surface area (Å²) in [5.41, 5.74) is 2.16. The average molecular weight is 372 g/mol. The molecule has 1 heterocycles. The molecule has 1 saturated carbocycles. The minimum absolute atomic E-state index is 0. The van der Waals surface area contributed by atoms with E-state index in [1.165, 1.54) is 44.8 Å². The first-order chi connectivity index (χ1) is 10.4. The number of hydrogen-bond donors (Lipinski definition) is 0. The number of hydrogen-bond acceptors (Lipinski definition) is 3. The van der Waals surface area contributed by atoms with E-state index in [4.69, 9.17) is 9.65 Å². The molecule has 3 atom stereocenters. The van der Waals surface area contributed by atoms with E-state index in [-0.39, 0.29) is 25.5 Å². The summed E-state index contributed by atoms with van der Waals surface area (Å²) in [5.74, 6) is 0.824. The standard InChI is InChI=1S/C16H22N2O2S.Zn/c1-19-20-21-18-16-9-5-3-7-13(16)15-11-10-12-6-2-4-8-14(12)17-15;/h3,5,7,9,12,14-15H,2,4,6,8,10-11H2,1H3;/q-2;+2. The molecule has 6 heteroatoms. The first-order valence-corrected chi connectivity index (χ1v) is 8.44. The number of nitrogens with zero attached hydrogens (tertiary/aromatic N) is 2. The number of rotatable bonds is 5. The van der Waals surface area contributed by atoms with Gasteiger partial charge in [-0.05, 0) is 0 Å². The van der Waals surface area contributed by atoms with E-state index in [2.05, 4.69) is 21.7 Å². The Balaban J connectivity index is 0.00000176. The van der Waals surface area contributed by atoms with Gasteiger partial charge in [0.05, 0.1) is 7.11 Å². The zero-order valence-corrected chi connectivity index (χ0v) is 16.9. The molecule has 0 bridgehead atoms. The molecule has 1 aliphatic heterocycles. The number of fused-ring (bicyclic) bond motifs is 1. The largest absolute Gasteiger partial charge is 2.00 e. The Bertz CT molecular complexity index is 464. The van der Waals surface area contributed by atoms with E-state index >= 15 is 0 Å². The third-order valence-corrected chi connectivity index (χ3v) is 5.05. The quantitative estimate of drug-likeness (QED) is 0.169. The summed E-state index contributed by atoms with van der Waals surface area (Å²) in [4.78, 5) is 4.57. The Hall–Kier alpha value is -0.127. The van der Waals surface area contributed by atoms with Crippen LogP contribution >= 0.6 is 12.2 Å². The van der Waals surface area contributed by atoms with Gasteiger partial charge in [-0.15, -0.1) is 17.8 Å². The summed E-state index contributed by atoms with van der Waals surface area (Å²) in [6, 6.07) is 9.08. The zero-order chi connectivity index (χ0) is 14.5. The third-order valence-electron chi connectivity index (χ3n) is 4.58. The summed E-state index contributed by atoms with van der Waals surface area (Å²) in [5, 5.41) is 5.12. The fraction of sp³-hybridized carbons (Fsp3) is 0.625. The van der Waals surface area contributed by atoms with Crippen LogP contribution in [0.5, 0.6) is 0 Å². The molecule has 22 heavy (non-hydrogen) atoms. The number of benzene rings is 1. The molecule has 1 saturated heterocycles. The fourth-order valence-corrected chi connectivity index (χ4v) is 3.91. The molecule has 2 fully saturated rings. The Labute approximate surface area is 150 Å². The van der Waals surface area contributed by atoms with Crippen LogP contribution in [0.3, 0.4) is 0 Å². The van der Waals surface area contributed by atoms with Crippen molar-refractivity contribution in [3.63, 3.8) is 0 Å². The maximum Gasteiger partial charge on any atom is 2.00 e. The van der Waals surface area contributed by atoms with Gasteiger partial charge in [0.25, 0.3) is 0 Å². The Morgan fingerprint density at radius 3 is 2.82 bits per heavy atom. The van der Waals surface area contributed by atoms with Gasteiger partial charge >= 0.3 is 19.5 Å². The van der Waals surface area contributed by atoms with Crippen molar-refractivity contribution in [2.75, 3.05) is 7.11 Å². The van der Waals surface area contributed by atoms with Crippen molar-refractivity contribution in [1.29, 1.82) is 0 Å². The molecule has 1 aromatic carbocycles. The predicted molar refractivity (Wildman–Crippen MR) is 86.2 cm³/mol. The van der Waals surface area contributed by atoms with Crippen molar-refractivity contribution in [3.8, 4) is 0 Å². The van der Waals surface area contributed by atoms with E-state index < -0.39 is 0 Å². The van der Waals surface area contributed by atoms with Crippen LogP contribution in [0.1, 0.15) is 50.1 Å². The normalized spacial score (nSPS) is 27.6. The molecule has 0 aromatic heterocycles. The molecule has 3 rings (SSSR count). The fourth-order valence-electron chi connectivity index (χ4n) is 3.57. The van der Waals surface area contributed by atoms with Gasteiger partial charge in [-0.3, -0.25) is 0 Å². The summed E-state index contributed by atoms with van der Waals surface area (Å²) in [7, 11) is 1.48. The predicted octanol–water partition coefficient (Wildman–Crippen LogP) is 5.60. The third kappa shape index (κ3) is 4.45. The molecular formula is C16H22N2O2SZn. The Morgan fingerprint density at radius 2 is 1.95 bits per heavy atom. The van der Waals surface area contributed by atoms with Crippen LogP contribution in [0.25, 0.3) is 10.0 Å². The summed E-state index contributed by atoms with van der Waals surface area (Å²) >= 11 is 0.968. The second-order valence-corrected chi connectivity index (χ2v) is 6.28. The molecule has 3 unspecified atom stereocenters. The molecular weight excluding hydrogens is 350 g/mol. The van der Waals surface area contributed by atoms with Gasteiger partial charge in [0.1, 0.15) is 0 Å². The summed E-state index contributed by atoms with van der Waals surface area (Å²) in [6.07, 6.45) is 7.80. The molecule has 2 aliphatic rings. The molecule has 116 valence electrons. The van der Waals surface area contributed by atoms with Gasteiger partial charge in [-0.1, -0.05) is 86.5 Å². The van der Waals surface area contributed by atoms with Crippen LogP contribution in [0.2, 0.25) is 0 Å². The zero-order valence-electron chi connectivity index (χ0n) is 13.1. The van der Waals surface area contributed by atoms with Crippen LogP contribution in [0.4, 0.5) is 5.69 Å². The van der Waals surface area contributed by atoms with E-state index in [0.29, 0.717) is 6.04 Å². The topological polar surface area (TPSA) is 46.7 Å². The molecule has 0 radical (unpaired) electrons. The molecule has 0 amide bonds. The minimum Gasteiger partial charge on any atom is -0.653 e. The van der Waals surface area contributed by atoms with Gasteiger partial charge in [-0.25, -0.2) is 4.89 Å². The van der Waals surface area contributed by atoms with Crippen molar-refractivity contribution >= 4 is 17.9 Å².